The molecule has 0 aliphatic carbocycles. The van der Waals surface area contributed by atoms with Gasteiger partial charge in [0.2, 0.25) is 0 Å². The summed E-state index contributed by atoms with van der Waals surface area (Å²) in [7, 11) is 3.16. The van der Waals surface area contributed by atoms with Gasteiger partial charge in [0.1, 0.15) is 16.4 Å². The van der Waals surface area contributed by atoms with Crippen LogP contribution in [0.3, 0.4) is 0 Å². The highest BCUT2D eigenvalue weighted by Crippen LogP contribution is 2.36. The normalized spacial score (nSPS) is 11.7. The molecule has 0 amide bonds. The monoisotopic (exact) mass is 622 g/mol. The lowest BCUT2D eigenvalue weighted by Crippen LogP contribution is -2.04. The number of carboxylic acids is 1. The molecule has 1 N–H and O–H groups in total. The number of hydrogen-bond acceptors (Lipinski definition) is 6. The van der Waals surface area contributed by atoms with Crippen molar-refractivity contribution in [3.05, 3.63) is 92.4 Å². The summed E-state index contributed by atoms with van der Waals surface area (Å²) in [5, 5.41) is 21.6. The molecule has 0 radical (unpaired) electrons. The zero-order chi connectivity index (χ0) is 30.0. The second-order valence-electron chi connectivity index (χ2n) is 9.41. The summed E-state index contributed by atoms with van der Waals surface area (Å²) in [6.45, 7) is 4.96. The molecule has 0 aliphatic rings. The molecule has 8 nitrogen and oxygen atoms in total. The quantitative estimate of drug-likeness (QED) is 0.125. The van der Waals surface area contributed by atoms with Crippen molar-refractivity contribution in [1.82, 2.24) is 19.3 Å². The Bertz CT molecular complexity index is 1810. The van der Waals surface area contributed by atoms with Crippen molar-refractivity contribution in [2.45, 2.75) is 32.1 Å². The van der Waals surface area contributed by atoms with Crippen molar-refractivity contribution >= 4 is 57.9 Å². The second kappa shape index (κ2) is 12.5. The van der Waals surface area contributed by atoms with Gasteiger partial charge < -0.3 is 23.7 Å². The number of ether oxygens (including phenoxy) is 2. The fourth-order valence-electron chi connectivity index (χ4n) is 4.83. The number of para-hydroxylation sites is 1. The van der Waals surface area contributed by atoms with Crippen molar-refractivity contribution in [3.63, 3.8) is 0 Å². The molecule has 0 aliphatic heterocycles. The summed E-state index contributed by atoms with van der Waals surface area (Å²) in [6, 6.07) is 18.8. The van der Waals surface area contributed by atoms with Crippen LogP contribution in [-0.2, 0) is 17.9 Å². The zero-order valence-electron chi connectivity index (χ0n) is 23.4. The first-order chi connectivity index (χ1) is 20.2. The van der Waals surface area contributed by atoms with Gasteiger partial charge in [0, 0.05) is 56.9 Å². The number of halogens is 2. The third kappa shape index (κ3) is 5.86. The van der Waals surface area contributed by atoms with E-state index in [0.29, 0.717) is 45.6 Å². The van der Waals surface area contributed by atoms with Crippen LogP contribution in [0.2, 0.25) is 10.0 Å². The van der Waals surface area contributed by atoms with E-state index in [9.17, 15) is 9.90 Å². The van der Waals surface area contributed by atoms with E-state index in [2.05, 4.69) is 14.8 Å². The van der Waals surface area contributed by atoms with E-state index < -0.39 is 5.97 Å². The molecule has 0 saturated carbocycles. The van der Waals surface area contributed by atoms with Crippen LogP contribution in [0.1, 0.15) is 23.7 Å². The number of carboxylic acid groups (broad SMARTS) is 1. The van der Waals surface area contributed by atoms with Gasteiger partial charge in [-0.1, -0.05) is 47.5 Å². The van der Waals surface area contributed by atoms with Crippen molar-refractivity contribution in [3.8, 4) is 22.9 Å². The summed E-state index contributed by atoms with van der Waals surface area (Å²) in [6.07, 6.45) is 1.70. The smallest absolute Gasteiger partial charge is 0.342 e. The third-order valence-electron chi connectivity index (χ3n) is 6.95. The number of methoxy groups -OCH3 is 2. The number of benzene rings is 3. The Balaban J connectivity index is 1.56. The highest BCUT2D eigenvalue weighted by molar-refractivity contribution is 8.04. The molecule has 5 aromatic rings. The molecule has 42 heavy (non-hydrogen) atoms. The van der Waals surface area contributed by atoms with Crippen LogP contribution in [-0.4, -0.2) is 44.6 Å². The number of fused-ring (bicyclic) bond motifs is 1. The molecule has 0 atom stereocenters. The first-order valence-electron chi connectivity index (χ1n) is 13.0. The van der Waals surface area contributed by atoms with Gasteiger partial charge in [0.25, 0.3) is 0 Å². The minimum atomic E-state index is -1.06. The van der Waals surface area contributed by atoms with E-state index in [1.54, 1.807) is 32.4 Å². The van der Waals surface area contributed by atoms with E-state index in [1.807, 2.05) is 66.9 Å². The van der Waals surface area contributed by atoms with Gasteiger partial charge in [-0.2, -0.15) is 0 Å². The number of aliphatic carboxylic acids is 1. The minimum Gasteiger partial charge on any atom is -0.497 e. The summed E-state index contributed by atoms with van der Waals surface area (Å²) >= 11 is 13.7. The van der Waals surface area contributed by atoms with Crippen molar-refractivity contribution in [2.75, 3.05) is 14.2 Å². The van der Waals surface area contributed by atoms with Gasteiger partial charge in [-0.15, -0.1) is 10.2 Å². The first kappa shape index (κ1) is 29.6. The Kier molecular flexibility index (Phi) is 8.82. The Morgan fingerprint density at radius 1 is 1.00 bits per heavy atom. The molecule has 5 rings (SSSR count). The van der Waals surface area contributed by atoms with Crippen LogP contribution in [0, 0.1) is 6.92 Å². The molecular weight excluding hydrogens is 595 g/mol. The topological polar surface area (TPSA) is 91.4 Å². The maximum absolute atomic E-state index is 12.6. The van der Waals surface area contributed by atoms with Crippen molar-refractivity contribution < 1.29 is 19.4 Å². The van der Waals surface area contributed by atoms with E-state index in [1.165, 1.54) is 0 Å². The van der Waals surface area contributed by atoms with Gasteiger partial charge in [-0.05, 0) is 67.6 Å². The maximum Gasteiger partial charge on any atom is 0.342 e. The molecule has 0 bridgehead atoms. The van der Waals surface area contributed by atoms with Gasteiger partial charge >= 0.3 is 5.97 Å². The molecule has 0 fully saturated rings. The van der Waals surface area contributed by atoms with Crippen LogP contribution in [0.25, 0.3) is 28.4 Å². The largest absolute Gasteiger partial charge is 0.497 e. The van der Waals surface area contributed by atoms with Crippen LogP contribution in [0.5, 0.6) is 11.5 Å². The number of thioether (sulfide) groups is 1. The molecule has 2 aromatic heterocycles. The summed E-state index contributed by atoms with van der Waals surface area (Å²) in [5.74, 6) is 0.742. The number of rotatable bonds is 10. The number of hydrogen-bond donors (Lipinski definition) is 1. The van der Waals surface area contributed by atoms with Gasteiger partial charge in [-0.25, -0.2) is 4.79 Å². The van der Waals surface area contributed by atoms with Gasteiger partial charge in [0.15, 0.2) is 11.0 Å². The average Bonchev–Trinajstić information content (AvgIpc) is 3.51. The summed E-state index contributed by atoms with van der Waals surface area (Å²) in [5.41, 5.74) is 4.33. The molecular formula is C31H28Cl2N4O4S. The number of carbonyl (C=O) groups is 1. The lowest BCUT2D eigenvalue weighted by molar-refractivity contribution is -0.131. The maximum atomic E-state index is 12.6. The van der Waals surface area contributed by atoms with Crippen LogP contribution in [0.4, 0.5) is 0 Å². The van der Waals surface area contributed by atoms with E-state index >= 15 is 0 Å². The second-order valence-corrected chi connectivity index (χ2v) is 11.3. The van der Waals surface area contributed by atoms with E-state index in [-0.39, 0.29) is 4.91 Å². The Hall–Kier alpha value is -3.92. The van der Waals surface area contributed by atoms with Crippen LogP contribution in [0.15, 0.2) is 70.7 Å². The van der Waals surface area contributed by atoms with Gasteiger partial charge in [-0.3, -0.25) is 0 Å². The van der Waals surface area contributed by atoms with Gasteiger partial charge in [0.05, 0.1) is 14.2 Å². The zero-order valence-corrected chi connectivity index (χ0v) is 25.7. The number of aromatic nitrogens is 4. The molecule has 11 heteroatoms. The lowest BCUT2D eigenvalue weighted by atomic mass is 10.1. The molecule has 2 heterocycles. The predicted molar refractivity (Wildman–Crippen MR) is 168 cm³/mol. The SMILES string of the molecule is CCn1c(S/C(=C\c2c(C)n(Cc3ccc(Cl)cc3Cl)c3ccccc23)C(=O)O)nnc1-c1cc(OC)cc(OC)c1. The minimum absolute atomic E-state index is 0.113. The highest BCUT2D eigenvalue weighted by atomic mass is 35.5. The first-order valence-corrected chi connectivity index (χ1v) is 14.6. The van der Waals surface area contributed by atoms with E-state index in [0.717, 1.165) is 45.0 Å². The fourth-order valence-corrected chi connectivity index (χ4v) is 6.16. The van der Waals surface area contributed by atoms with E-state index in [4.69, 9.17) is 32.7 Å². The Morgan fingerprint density at radius 2 is 1.71 bits per heavy atom. The molecule has 3 aromatic carbocycles. The summed E-state index contributed by atoms with van der Waals surface area (Å²) < 4.78 is 14.8. The summed E-state index contributed by atoms with van der Waals surface area (Å²) in [4.78, 5) is 12.7. The van der Waals surface area contributed by atoms with Crippen molar-refractivity contribution in [1.29, 1.82) is 0 Å². The van der Waals surface area contributed by atoms with Crippen LogP contribution >= 0.6 is 35.0 Å². The standard InChI is InChI=1S/C31H28Cl2N4O4S/c1-5-36-29(20-12-22(40-3)15-23(13-20)41-4)34-35-31(36)42-28(30(38)39)16-25-18(2)37(27-9-7-6-8-24(25)27)17-19-10-11-21(32)14-26(19)33/h6-16H,5,17H2,1-4H3,(H,38,39)/b28-16-. The highest BCUT2D eigenvalue weighted by Gasteiger charge is 2.21. The Morgan fingerprint density at radius 3 is 2.36 bits per heavy atom. The molecule has 0 unspecified atom stereocenters. The molecule has 0 spiro atoms. The fraction of sp³-hybridized carbons (Fsp3) is 0.194. The number of nitrogens with zero attached hydrogens (tertiary/aromatic N) is 4. The predicted octanol–water partition coefficient (Wildman–Crippen LogP) is 7.82. The van der Waals surface area contributed by atoms with Crippen molar-refractivity contribution in [2.24, 2.45) is 0 Å². The Labute approximate surface area is 257 Å². The van der Waals surface area contributed by atoms with Crippen LogP contribution < -0.4 is 9.47 Å². The molecule has 0 saturated heterocycles. The molecule has 216 valence electrons. The average molecular weight is 624 g/mol. The lowest BCUT2D eigenvalue weighted by Gasteiger charge is -2.11. The third-order valence-corrected chi connectivity index (χ3v) is 8.54.